The molecule has 2 aromatic rings. The van der Waals surface area contributed by atoms with Crippen molar-refractivity contribution in [1.29, 1.82) is 0 Å². The van der Waals surface area contributed by atoms with Crippen LogP contribution in [0, 0.1) is 0 Å². The van der Waals surface area contributed by atoms with E-state index in [9.17, 15) is 4.79 Å². The predicted octanol–water partition coefficient (Wildman–Crippen LogP) is 4.66. The van der Waals surface area contributed by atoms with Gasteiger partial charge in [0.05, 0.1) is 37.1 Å². The van der Waals surface area contributed by atoms with Crippen LogP contribution in [0.25, 0.3) is 0 Å². The van der Waals surface area contributed by atoms with E-state index < -0.39 is 5.79 Å². The number of unbranched alkanes of at least 4 members (excludes halogenated alkanes) is 1. The second-order valence-electron chi connectivity index (χ2n) is 7.00. The number of halogens is 1. The van der Waals surface area contributed by atoms with Crippen molar-refractivity contribution in [2.45, 2.75) is 38.5 Å². The van der Waals surface area contributed by atoms with Crippen molar-refractivity contribution in [1.82, 2.24) is 0 Å². The zero-order chi connectivity index (χ0) is 19.6. The quantitative estimate of drug-likeness (QED) is 0.661. The molecular weight excluding hydrogens is 378 g/mol. The Hall–Kier alpha value is -2.08. The number of anilines is 1. The molecule has 2 aliphatic heterocycles. The van der Waals surface area contributed by atoms with Gasteiger partial charge in [0.1, 0.15) is 5.75 Å². The smallest absolute Gasteiger partial charge is 0.292 e. The van der Waals surface area contributed by atoms with Gasteiger partial charge in [0.15, 0.2) is 0 Å². The Morgan fingerprint density at radius 3 is 2.71 bits per heavy atom. The average molecular weight is 402 g/mol. The van der Waals surface area contributed by atoms with Gasteiger partial charge in [0, 0.05) is 11.1 Å². The lowest BCUT2D eigenvalue weighted by Crippen LogP contribution is -2.47. The van der Waals surface area contributed by atoms with E-state index >= 15 is 0 Å². The SMILES string of the molecule is CCCCOc1ccccc1CN1C(=O)C2(OCCCO2)c2cccc(Cl)c21. The van der Waals surface area contributed by atoms with E-state index in [1.807, 2.05) is 36.4 Å². The number of amides is 1. The molecule has 1 fully saturated rings. The van der Waals surface area contributed by atoms with Gasteiger partial charge in [0.2, 0.25) is 0 Å². The van der Waals surface area contributed by atoms with Crippen LogP contribution < -0.4 is 9.64 Å². The molecule has 28 heavy (non-hydrogen) atoms. The van der Waals surface area contributed by atoms with Crippen LogP contribution in [-0.2, 0) is 26.6 Å². The van der Waals surface area contributed by atoms with Gasteiger partial charge >= 0.3 is 0 Å². The Labute approximate surface area is 170 Å². The highest BCUT2D eigenvalue weighted by Crippen LogP contribution is 2.49. The number of ether oxygens (including phenoxy) is 3. The highest BCUT2D eigenvalue weighted by atomic mass is 35.5. The summed E-state index contributed by atoms with van der Waals surface area (Å²) in [6.45, 7) is 4.06. The third kappa shape index (κ3) is 3.28. The molecule has 2 aliphatic rings. The maximum Gasteiger partial charge on any atom is 0.292 e. The normalized spacial score (nSPS) is 17.8. The first kappa shape index (κ1) is 19.2. The van der Waals surface area contributed by atoms with Gasteiger partial charge in [-0.1, -0.05) is 55.3 Å². The molecule has 0 unspecified atom stereocenters. The van der Waals surface area contributed by atoms with E-state index in [1.54, 1.807) is 11.0 Å². The van der Waals surface area contributed by atoms with Crippen molar-refractivity contribution in [2.75, 3.05) is 24.7 Å². The summed E-state index contributed by atoms with van der Waals surface area (Å²) in [7, 11) is 0. The number of carbonyl (C=O) groups excluding carboxylic acids is 1. The minimum absolute atomic E-state index is 0.237. The molecule has 0 aromatic heterocycles. The summed E-state index contributed by atoms with van der Waals surface area (Å²) in [5.41, 5.74) is 2.25. The molecule has 0 N–H and O–H groups in total. The zero-order valence-corrected chi connectivity index (χ0v) is 16.7. The van der Waals surface area contributed by atoms with E-state index in [-0.39, 0.29) is 5.91 Å². The molecule has 0 aliphatic carbocycles. The topological polar surface area (TPSA) is 48.0 Å². The van der Waals surface area contributed by atoms with Crippen LogP contribution in [0.15, 0.2) is 42.5 Å². The lowest BCUT2D eigenvalue weighted by Gasteiger charge is -2.32. The Morgan fingerprint density at radius 1 is 1.14 bits per heavy atom. The van der Waals surface area contributed by atoms with Crippen LogP contribution in [0.2, 0.25) is 5.02 Å². The molecule has 0 atom stereocenters. The van der Waals surface area contributed by atoms with E-state index in [4.69, 9.17) is 25.8 Å². The minimum atomic E-state index is -1.39. The van der Waals surface area contributed by atoms with Crippen molar-refractivity contribution < 1.29 is 19.0 Å². The molecule has 5 nitrogen and oxygen atoms in total. The number of benzene rings is 2. The summed E-state index contributed by atoms with van der Waals surface area (Å²) in [5, 5.41) is 0.505. The summed E-state index contributed by atoms with van der Waals surface area (Å²) >= 11 is 6.50. The molecular formula is C22H24ClNO4. The second kappa shape index (κ2) is 8.11. The van der Waals surface area contributed by atoms with Crippen LogP contribution in [0.1, 0.15) is 37.3 Å². The van der Waals surface area contributed by atoms with E-state index in [0.717, 1.165) is 30.6 Å². The Morgan fingerprint density at radius 2 is 1.93 bits per heavy atom. The molecule has 0 saturated carbocycles. The Kier molecular flexibility index (Phi) is 5.58. The monoisotopic (exact) mass is 401 g/mol. The highest BCUT2D eigenvalue weighted by Gasteiger charge is 2.55. The van der Waals surface area contributed by atoms with E-state index in [1.165, 1.54) is 0 Å². The van der Waals surface area contributed by atoms with E-state index in [0.29, 0.717) is 42.6 Å². The largest absolute Gasteiger partial charge is 0.493 e. The van der Waals surface area contributed by atoms with Crippen LogP contribution in [0.4, 0.5) is 5.69 Å². The summed E-state index contributed by atoms with van der Waals surface area (Å²) < 4.78 is 17.7. The van der Waals surface area contributed by atoms with Crippen molar-refractivity contribution in [3.05, 3.63) is 58.6 Å². The number of carbonyl (C=O) groups is 1. The van der Waals surface area contributed by atoms with Crippen LogP contribution in [0.3, 0.4) is 0 Å². The first-order valence-corrected chi connectivity index (χ1v) is 10.1. The molecule has 2 aromatic carbocycles. The van der Waals surface area contributed by atoms with Crippen molar-refractivity contribution >= 4 is 23.2 Å². The zero-order valence-electron chi connectivity index (χ0n) is 15.9. The van der Waals surface area contributed by atoms with Crippen LogP contribution >= 0.6 is 11.6 Å². The fourth-order valence-corrected chi connectivity index (χ4v) is 3.96. The van der Waals surface area contributed by atoms with Gasteiger partial charge in [-0.05, 0) is 25.0 Å². The van der Waals surface area contributed by atoms with Gasteiger partial charge in [0.25, 0.3) is 11.7 Å². The maximum absolute atomic E-state index is 13.4. The third-order valence-corrected chi connectivity index (χ3v) is 5.40. The first-order valence-electron chi connectivity index (χ1n) is 9.77. The highest BCUT2D eigenvalue weighted by molar-refractivity contribution is 6.35. The summed E-state index contributed by atoms with van der Waals surface area (Å²) in [6.07, 6.45) is 2.81. The maximum atomic E-state index is 13.4. The fourth-order valence-electron chi connectivity index (χ4n) is 3.68. The summed E-state index contributed by atoms with van der Waals surface area (Å²) in [4.78, 5) is 15.1. The summed E-state index contributed by atoms with van der Waals surface area (Å²) in [6, 6.07) is 13.2. The lowest BCUT2D eigenvalue weighted by atomic mass is 10.1. The Balaban J connectivity index is 1.69. The van der Waals surface area contributed by atoms with Crippen molar-refractivity contribution in [3.8, 4) is 5.75 Å². The Bertz CT molecular complexity index is 863. The molecule has 4 rings (SSSR count). The fraction of sp³-hybridized carbons (Fsp3) is 0.409. The number of hydrogen-bond acceptors (Lipinski definition) is 4. The second-order valence-corrected chi connectivity index (χ2v) is 7.41. The number of rotatable bonds is 6. The molecule has 1 spiro atoms. The molecule has 0 bridgehead atoms. The molecule has 6 heteroatoms. The minimum Gasteiger partial charge on any atom is -0.493 e. The van der Waals surface area contributed by atoms with E-state index in [2.05, 4.69) is 6.92 Å². The molecule has 148 valence electrons. The average Bonchev–Trinajstić information content (AvgIpc) is 2.94. The molecule has 0 radical (unpaired) electrons. The van der Waals surface area contributed by atoms with Crippen LogP contribution in [0.5, 0.6) is 5.75 Å². The molecule has 1 amide bonds. The van der Waals surface area contributed by atoms with Gasteiger partial charge in [-0.25, -0.2) is 0 Å². The van der Waals surface area contributed by atoms with Crippen LogP contribution in [-0.4, -0.2) is 25.7 Å². The first-order chi connectivity index (χ1) is 13.7. The molecule has 2 heterocycles. The predicted molar refractivity (Wildman–Crippen MR) is 108 cm³/mol. The number of nitrogens with zero attached hydrogens (tertiary/aromatic N) is 1. The van der Waals surface area contributed by atoms with Gasteiger partial charge in [-0.3, -0.25) is 4.79 Å². The number of hydrogen-bond donors (Lipinski definition) is 0. The lowest BCUT2D eigenvalue weighted by molar-refractivity contribution is -0.256. The van der Waals surface area contributed by atoms with Crippen molar-refractivity contribution in [2.24, 2.45) is 0 Å². The standard InChI is InChI=1S/C22H24ClNO4/c1-2-3-12-26-19-11-5-4-8-16(19)15-24-20-17(9-6-10-18(20)23)22(21(24)25)27-13-7-14-28-22/h4-6,8-11H,2-3,7,12-15H2,1H3. The third-order valence-electron chi connectivity index (χ3n) is 5.09. The van der Waals surface area contributed by atoms with Gasteiger partial charge in [-0.2, -0.15) is 0 Å². The molecule has 1 saturated heterocycles. The summed E-state index contributed by atoms with van der Waals surface area (Å²) in [5.74, 6) is -0.848. The van der Waals surface area contributed by atoms with Gasteiger partial charge < -0.3 is 19.1 Å². The van der Waals surface area contributed by atoms with Crippen molar-refractivity contribution in [3.63, 3.8) is 0 Å². The van der Waals surface area contributed by atoms with Gasteiger partial charge in [-0.15, -0.1) is 0 Å². The number of para-hydroxylation sites is 2. The number of fused-ring (bicyclic) bond motifs is 2.